The van der Waals surface area contributed by atoms with Crippen molar-refractivity contribution in [3.63, 3.8) is 0 Å². The molecule has 0 radical (unpaired) electrons. The van der Waals surface area contributed by atoms with E-state index in [1.54, 1.807) is 18.3 Å². The average molecular weight is 236 g/mol. The normalized spacial score (nSPS) is 11.1. The molecule has 0 spiro atoms. The number of aromatic nitrogens is 1. The van der Waals surface area contributed by atoms with E-state index >= 15 is 0 Å². The standard InChI is InChI=1S/C13H20N2O2/c1-5-13(3,6-2)15-11-9-10(7-8-14-11)12(16)17-4/h7-9H,5-6H2,1-4H3,(H,14,15). The number of anilines is 1. The van der Waals surface area contributed by atoms with E-state index in [1.165, 1.54) is 7.11 Å². The van der Waals surface area contributed by atoms with Crippen molar-refractivity contribution in [2.24, 2.45) is 0 Å². The Morgan fingerprint density at radius 3 is 2.65 bits per heavy atom. The molecule has 0 fully saturated rings. The maximum absolute atomic E-state index is 11.4. The fraction of sp³-hybridized carbons (Fsp3) is 0.538. The van der Waals surface area contributed by atoms with Gasteiger partial charge in [-0.2, -0.15) is 0 Å². The fourth-order valence-corrected chi connectivity index (χ4v) is 1.48. The Balaban J connectivity index is 2.89. The molecule has 1 aromatic rings. The van der Waals surface area contributed by atoms with E-state index in [0.29, 0.717) is 11.4 Å². The minimum Gasteiger partial charge on any atom is -0.465 e. The van der Waals surface area contributed by atoms with E-state index < -0.39 is 0 Å². The summed E-state index contributed by atoms with van der Waals surface area (Å²) < 4.78 is 4.68. The Bertz CT molecular complexity index is 387. The van der Waals surface area contributed by atoms with Gasteiger partial charge in [-0.3, -0.25) is 0 Å². The summed E-state index contributed by atoms with van der Waals surface area (Å²) in [4.78, 5) is 15.6. The predicted molar refractivity (Wildman–Crippen MR) is 68.2 cm³/mol. The van der Waals surface area contributed by atoms with Crippen molar-refractivity contribution in [3.8, 4) is 0 Å². The second-order valence-electron chi connectivity index (χ2n) is 4.31. The van der Waals surface area contributed by atoms with Crippen molar-refractivity contribution in [1.82, 2.24) is 4.98 Å². The van der Waals surface area contributed by atoms with Crippen molar-refractivity contribution in [3.05, 3.63) is 23.9 Å². The molecule has 1 heterocycles. The van der Waals surface area contributed by atoms with Gasteiger partial charge in [-0.05, 0) is 31.9 Å². The summed E-state index contributed by atoms with van der Waals surface area (Å²) in [6.45, 7) is 6.39. The van der Waals surface area contributed by atoms with Crippen LogP contribution in [0.1, 0.15) is 44.0 Å². The zero-order chi connectivity index (χ0) is 12.9. The molecule has 0 aromatic carbocycles. The summed E-state index contributed by atoms with van der Waals surface area (Å²) in [6.07, 6.45) is 3.60. The quantitative estimate of drug-likeness (QED) is 0.799. The lowest BCUT2D eigenvalue weighted by Crippen LogP contribution is -2.33. The number of nitrogens with zero attached hydrogens (tertiary/aromatic N) is 1. The van der Waals surface area contributed by atoms with Gasteiger partial charge in [0.05, 0.1) is 12.7 Å². The maximum Gasteiger partial charge on any atom is 0.338 e. The van der Waals surface area contributed by atoms with Gasteiger partial charge < -0.3 is 10.1 Å². The monoisotopic (exact) mass is 236 g/mol. The molecular formula is C13H20N2O2. The van der Waals surface area contributed by atoms with Gasteiger partial charge in [0, 0.05) is 11.7 Å². The molecule has 17 heavy (non-hydrogen) atoms. The van der Waals surface area contributed by atoms with Crippen LogP contribution in [0.4, 0.5) is 5.82 Å². The van der Waals surface area contributed by atoms with Gasteiger partial charge in [-0.1, -0.05) is 13.8 Å². The number of carbonyl (C=O) groups is 1. The number of nitrogens with one attached hydrogen (secondary N) is 1. The Hall–Kier alpha value is -1.58. The van der Waals surface area contributed by atoms with Crippen molar-refractivity contribution < 1.29 is 9.53 Å². The van der Waals surface area contributed by atoms with Gasteiger partial charge in [-0.25, -0.2) is 9.78 Å². The topological polar surface area (TPSA) is 51.2 Å². The molecule has 0 bridgehead atoms. The van der Waals surface area contributed by atoms with E-state index in [9.17, 15) is 4.79 Å². The Kier molecular flexibility index (Phi) is 4.49. The number of rotatable bonds is 5. The third kappa shape index (κ3) is 3.44. The van der Waals surface area contributed by atoms with Crippen LogP contribution in [-0.2, 0) is 4.74 Å². The van der Waals surface area contributed by atoms with Crippen LogP contribution in [0.25, 0.3) is 0 Å². The second kappa shape index (κ2) is 5.66. The zero-order valence-corrected chi connectivity index (χ0v) is 10.9. The predicted octanol–water partition coefficient (Wildman–Crippen LogP) is 2.86. The summed E-state index contributed by atoms with van der Waals surface area (Å²) in [7, 11) is 1.37. The Morgan fingerprint density at radius 1 is 1.47 bits per heavy atom. The second-order valence-corrected chi connectivity index (χ2v) is 4.31. The smallest absolute Gasteiger partial charge is 0.338 e. The van der Waals surface area contributed by atoms with Crippen LogP contribution in [0, 0.1) is 0 Å². The van der Waals surface area contributed by atoms with E-state index in [0.717, 1.165) is 12.8 Å². The lowest BCUT2D eigenvalue weighted by molar-refractivity contribution is 0.0600. The lowest BCUT2D eigenvalue weighted by atomic mass is 9.95. The molecule has 0 aliphatic heterocycles. The molecule has 4 heteroatoms. The molecule has 0 amide bonds. The number of ether oxygens (including phenoxy) is 1. The van der Waals surface area contributed by atoms with Crippen LogP contribution in [0.15, 0.2) is 18.3 Å². The SMILES string of the molecule is CCC(C)(CC)Nc1cc(C(=O)OC)ccn1. The number of methoxy groups -OCH3 is 1. The number of hydrogen-bond donors (Lipinski definition) is 1. The van der Waals surface area contributed by atoms with Crippen LogP contribution < -0.4 is 5.32 Å². The Labute approximate surface area is 102 Å². The van der Waals surface area contributed by atoms with Gasteiger partial charge in [0.15, 0.2) is 0 Å². The van der Waals surface area contributed by atoms with Gasteiger partial charge in [0.25, 0.3) is 0 Å². The summed E-state index contributed by atoms with van der Waals surface area (Å²) in [5.74, 6) is 0.365. The number of hydrogen-bond acceptors (Lipinski definition) is 4. The highest BCUT2D eigenvalue weighted by Crippen LogP contribution is 2.20. The van der Waals surface area contributed by atoms with Crippen LogP contribution >= 0.6 is 0 Å². The molecule has 0 atom stereocenters. The molecule has 94 valence electrons. The highest BCUT2D eigenvalue weighted by atomic mass is 16.5. The third-order valence-corrected chi connectivity index (χ3v) is 3.17. The number of pyridine rings is 1. The zero-order valence-electron chi connectivity index (χ0n) is 10.9. The van der Waals surface area contributed by atoms with Gasteiger partial charge in [-0.15, -0.1) is 0 Å². The van der Waals surface area contributed by atoms with Crippen LogP contribution in [0.3, 0.4) is 0 Å². The molecule has 1 N–H and O–H groups in total. The van der Waals surface area contributed by atoms with Gasteiger partial charge in [0.1, 0.15) is 5.82 Å². The van der Waals surface area contributed by atoms with Crippen molar-refractivity contribution >= 4 is 11.8 Å². The number of esters is 1. The highest BCUT2D eigenvalue weighted by Gasteiger charge is 2.19. The molecule has 0 aliphatic rings. The van der Waals surface area contributed by atoms with Crippen molar-refractivity contribution in [1.29, 1.82) is 0 Å². The summed E-state index contributed by atoms with van der Waals surface area (Å²) in [5, 5.41) is 3.36. The van der Waals surface area contributed by atoms with E-state index in [1.807, 2.05) is 0 Å². The first-order valence-electron chi connectivity index (χ1n) is 5.87. The van der Waals surface area contributed by atoms with Crippen LogP contribution in [0.2, 0.25) is 0 Å². The highest BCUT2D eigenvalue weighted by molar-refractivity contribution is 5.90. The fourth-order valence-electron chi connectivity index (χ4n) is 1.48. The van der Waals surface area contributed by atoms with Gasteiger partial charge in [0.2, 0.25) is 0 Å². The molecule has 0 saturated carbocycles. The molecule has 1 aromatic heterocycles. The summed E-state index contributed by atoms with van der Waals surface area (Å²) >= 11 is 0. The molecule has 0 saturated heterocycles. The third-order valence-electron chi connectivity index (χ3n) is 3.17. The van der Waals surface area contributed by atoms with Crippen LogP contribution in [-0.4, -0.2) is 23.6 Å². The summed E-state index contributed by atoms with van der Waals surface area (Å²) in [6, 6.07) is 3.36. The van der Waals surface area contributed by atoms with E-state index in [2.05, 4.69) is 35.8 Å². The minimum atomic E-state index is -0.342. The number of carbonyl (C=O) groups excluding carboxylic acids is 1. The first kappa shape index (κ1) is 13.5. The van der Waals surface area contributed by atoms with Crippen molar-refractivity contribution in [2.45, 2.75) is 39.2 Å². The molecule has 4 nitrogen and oxygen atoms in total. The molecule has 1 rings (SSSR count). The maximum atomic E-state index is 11.4. The first-order chi connectivity index (χ1) is 8.04. The molecule has 0 unspecified atom stereocenters. The molecular weight excluding hydrogens is 216 g/mol. The average Bonchev–Trinajstić information content (AvgIpc) is 2.38. The van der Waals surface area contributed by atoms with Crippen molar-refractivity contribution in [2.75, 3.05) is 12.4 Å². The first-order valence-corrected chi connectivity index (χ1v) is 5.87. The van der Waals surface area contributed by atoms with Crippen LogP contribution in [0.5, 0.6) is 0 Å². The van der Waals surface area contributed by atoms with E-state index in [4.69, 9.17) is 0 Å². The minimum absolute atomic E-state index is 0.00173. The Morgan fingerprint density at radius 2 is 2.12 bits per heavy atom. The summed E-state index contributed by atoms with van der Waals surface area (Å²) in [5.41, 5.74) is 0.515. The largest absolute Gasteiger partial charge is 0.465 e. The van der Waals surface area contributed by atoms with E-state index in [-0.39, 0.29) is 11.5 Å². The lowest BCUT2D eigenvalue weighted by Gasteiger charge is -2.28. The molecule has 0 aliphatic carbocycles. The van der Waals surface area contributed by atoms with Gasteiger partial charge >= 0.3 is 5.97 Å².